The lowest BCUT2D eigenvalue weighted by atomic mass is 9.87. The minimum absolute atomic E-state index is 0.0489. The van der Waals surface area contributed by atoms with E-state index in [-0.39, 0.29) is 11.3 Å². The first-order chi connectivity index (χ1) is 10.0. The molecule has 0 aliphatic carbocycles. The summed E-state index contributed by atoms with van der Waals surface area (Å²) in [7, 11) is 0. The lowest BCUT2D eigenvalue weighted by Gasteiger charge is -2.23. The molecule has 0 heterocycles. The third-order valence-electron chi connectivity index (χ3n) is 3.55. The molecule has 0 aliphatic rings. The number of hydrogen-bond donors (Lipinski definition) is 0. The molecule has 0 amide bonds. The van der Waals surface area contributed by atoms with Crippen molar-refractivity contribution in [1.82, 2.24) is 0 Å². The molecule has 0 saturated heterocycles. The van der Waals surface area contributed by atoms with Gasteiger partial charge in [0, 0.05) is 21.9 Å². The second kappa shape index (κ2) is 7.20. The van der Waals surface area contributed by atoms with Gasteiger partial charge in [-0.3, -0.25) is 0 Å². The molecular weight excluding hydrogens is 303 g/mol. The summed E-state index contributed by atoms with van der Waals surface area (Å²) < 4.78 is 5.76. The third-order valence-corrected chi connectivity index (χ3v) is 4.23. The average molecular weight is 323 g/mol. The Morgan fingerprint density at radius 1 is 1.14 bits per heavy atom. The quantitative estimate of drug-likeness (QED) is 0.631. The van der Waals surface area contributed by atoms with Crippen molar-refractivity contribution in [3.63, 3.8) is 0 Å². The van der Waals surface area contributed by atoms with E-state index >= 15 is 0 Å². The monoisotopic (exact) mass is 322 g/mol. The maximum Gasteiger partial charge on any atom is 0.123 e. The predicted molar refractivity (Wildman–Crippen MR) is 91.0 cm³/mol. The molecule has 21 heavy (non-hydrogen) atoms. The zero-order valence-electron chi connectivity index (χ0n) is 12.6. The molecular formula is C18H20Cl2O. The number of alkyl halides is 1. The normalized spacial score (nSPS) is 13.8. The predicted octanol–water partition coefficient (Wildman–Crippen LogP) is 5.81. The maximum atomic E-state index is 6.49. The van der Waals surface area contributed by atoms with Crippen molar-refractivity contribution in [2.45, 2.75) is 32.1 Å². The number of rotatable bonds is 5. The van der Waals surface area contributed by atoms with Crippen molar-refractivity contribution in [2.24, 2.45) is 0 Å². The summed E-state index contributed by atoms with van der Waals surface area (Å²) in [6, 6.07) is 14.2. The van der Waals surface area contributed by atoms with Crippen molar-refractivity contribution < 1.29 is 4.74 Å². The Bertz CT molecular complexity index is 608. The summed E-state index contributed by atoms with van der Waals surface area (Å²) in [5, 5.41) is 0.727. The minimum Gasteiger partial charge on any atom is -0.494 e. The van der Waals surface area contributed by atoms with Crippen molar-refractivity contribution in [2.75, 3.05) is 6.61 Å². The number of aryl methyl sites for hydroxylation is 1. The van der Waals surface area contributed by atoms with Gasteiger partial charge in [-0.1, -0.05) is 41.9 Å². The third kappa shape index (κ3) is 3.72. The van der Waals surface area contributed by atoms with Gasteiger partial charge in [0.1, 0.15) is 5.75 Å². The van der Waals surface area contributed by atoms with Gasteiger partial charge in [-0.25, -0.2) is 0 Å². The Labute approximate surface area is 136 Å². The van der Waals surface area contributed by atoms with E-state index < -0.39 is 0 Å². The van der Waals surface area contributed by atoms with Crippen LogP contribution in [0.2, 0.25) is 5.02 Å². The largest absolute Gasteiger partial charge is 0.494 e. The van der Waals surface area contributed by atoms with Gasteiger partial charge in [-0.2, -0.15) is 0 Å². The molecule has 0 aliphatic heterocycles. The second-order valence-electron chi connectivity index (χ2n) is 5.13. The van der Waals surface area contributed by atoms with E-state index in [9.17, 15) is 0 Å². The zero-order valence-corrected chi connectivity index (χ0v) is 14.1. The molecule has 0 bridgehead atoms. The highest BCUT2D eigenvalue weighted by Gasteiger charge is 2.23. The number of para-hydroxylation sites is 1. The van der Waals surface area contributed by atoms with E-state index in [1.54, 1.807) is 0 Å². The molecule has 0 fully saturated rings. The fraction of sp³-hybridized carbons (Fsp3) is 0.333. The molecule has 2 atom stereocenters. The highest BCUT2D eigenvalue weighted by Crippen LogP contribution is 2.37. The Morgan fingerprint density at radius 2 is 1.86 bits per heavy atom. The SMILES string of the molecule is CCOc1ccccc1C(c1ccc(Cl)c(C)c1)C(C)Cl. The Hall–Kier alpha value is -1.18. The van der Waals surface area contributed by atoms with Crippen molar-refractivity contribution in [3.05, 3.63) is 64.2 Å². The van der Waals surface area contributed by atoms with E-state index in [1.807, 2.05) is 51.1 Å². The summed E-state index contributed by atoms with van der Waals surface area (Å²) >= 11 is 12.6. The Balaban J connectivity index is 2.51. The fourth-order valence-corrected chi connectivity index (χ4v) is 2.98. The number of ether oxygens (including phenoxy) is 1. The molecule has 2 rings (SSSR count). The molecule has 2 aromatic carbocycles. The first-order valence-electron chi connectivity index (χ1n) is 7.16. The van der Waals surface area contributed by atoms with Crippen LogP contribution in [-0.2, 0) is 0 Å². The zero-order chi connectivity index (χ0) is 15.4. The fourth-order valence-electron chi connectivity index (χ4n) is 2.58. The lowest BCUT2D eigenvalue weighted by Crippen LogP contribution is -2.13. The summed E-state index contributed by atoms with van der Waals surface area (Å²) in [5.41, 5.74) is 3.33. The van der Waals surface area contributed by atoms with Gasteiger partial charge in [-0.15, -0.1) is 11.6 Å². The molecule has 2 unspecified atom stereocenters. The topological polar surface area (TPSA) is 9.23 Å². The van der Waals surface area contributed by atoms with Crippen LogP contribution in [0, 0.1) is 6.92 Å². The molecule has 0 N–H and O–H groups in total. The van der Waals surface area contributed by atoms with Crippen LogP contribution in [0.5, 0.6) is 5.75 Å². The lowest BCUT2D eigenvalue weighted by molar-refractivity contribution is 0.335. The molecule has 3 heteroatoms. The van der Waals surface area contributed by atoms with Gasteiger partial charge in [0.05, 0.1) is 6.61 Å². The van der Waals surface area contributed by atoms with Crippen LogP contribution in [0.3, 0.4) is 0 Å². The average Bonchev–Trinajstić information content (AvgIpc) is 2.45. The van der Waals surface area contributed by atoms with E-state index in [0.717, 1.165) is 27.5 Å². The Kier molecular flexibility index (Phi) is 5.55. The van der Waals surface area contributed by atoms with Gasteiger partial charge in [0.25, 0.3) is 0 Å². The van der Waals surface area contributed by atoms with Gasteiger partial charge in [-0.05, 0) is 44.0 Å². The maximum absolute atomic E-state index is 6.49. The summed E-state index contributed by atoms with van der Waals surface area (Å²) in [5.74, 6) is 0.968. The van der Waals surface area contributed by atoms with Gasteiger partial charge in [0.2, 0.25) is 0 Å². The first-order valence-corrected chi connectivity index (χ1v) is 7.97. The summed E-state index contributed by atoms with van der Waals surface area (Å²) in [6.07, 6.45) is 0. The highest BCUT2D eigenvalue weighted by atomic mass is 35.5. The smallest absolute Gasteiger partial charge is 0.123 e. The summed E-state index contributed by atoms with van der Waals surface area (Å²) in [4.78, 5) is 0. The minimum atomic E-state index is -0.0489. The van der Waals surface area contributed by atoms with Crippen molar-refractivity contribution in [3.8, 4) is 5.75 Å². The molecule has 1 nitrogen and oxygen atoms in total. The van der Waals surface area contributed by atoms with Crippen molar-refractivity contribution >= 4 is 23.2 Å². The number of halogens is 2. The molecule has 2 aromatic rings. The highest BCUT2D eigenvalue weighted by molar-refractivity contribution is 6.31. The molecule has 112 valence electrons. The molecule has 0 spiro atoms. The number of hydrogen-bond acceptors (Lipinski definition) is 1. The van der Waals surface area contributed by atoms with Crippen LogP contribution in [-0.4, -0.2) is 12.0 Å². The summed E-state index contributed by atoms with van der Waals surface area (Å²) in [6.45, 7) is 6.65. The van der Waals surface area contributed by atoms with Crippen LogP contribution in [0.15, 0.2) is 42.5 Å². The van der Waals surface area contributed by atoms with E-state index in [1.165, 1.54) is 0 Å². The van der Waals surface area contributed by atoms with E-state index in [0.29, 0.717) is 6.61 Å². The van der Waals surface area contributed by atoms with Crippen LogP contribution in [0.1, 0.15) is 36.5 Å². The Morgan fingerprint density at radius 3 is 2.48 bits per heavy atom. The number of benzene rings is 2. The molecule has 0 aromatic heterocycles. The van der Waals surface area contributed by atoms with Gasteiger partial charge in [0.15, 0.2) is 0 Å². The second-order valence-corrected chi connectivity index (χ2v) is 6.23. The van der Waals surface area contributed by atoms with Crippen molar-refractivity contribution in [1.29, 1.82) is 0 Å². The van der Waals surface area contributed by atoms with Gasteiger partial charge < -0.3 is 4.74 Å². The van der Waals surface area contributed by atoms with E-state index in [4.69, 9.17) is 27.9 Å². The molecule has 0 radical (unpaired) electrons. The van der Waals surface area contributed by atoms with Crippen LogP contribution in [0.4, 0.5) is 0 Å². The van der Waals surface area contributed by atoms with Crippen LogP contribution >= 0.6 is 23.2 Å². The van der Waals surface area contributed by atoms with E-state index in [2.05, 4.69) is 12.1 Å². The first kappa shape index (κ1) is 16.2. The standard InChI is InChI=1S/C18H20Cl2O/c1-4-21-17-8-6-5-7-15(17)18(13(3)19)14-9-10-16(20)12(2)11-14/h5-11,13,18H,4H2,1-3H3. The molecule has 0 saturated carbocycles. The van der Waals surface area contributed by atoms with Crippen LogP contribution in [0.25, 0.3) is 0 Å². The van der Waals surface area contributed by atoms with Gasteiger partial charge >= 0.3 is 0 Å². The van der Waals surface area contributed by atoms with Crippen LogP contribution < -0.4 is 4.74 Å².